The molecular formula is C24H18N2O5. The van der Waals surface area contributed by atoms with Crippen molar-refractivity contribution in [3.05, 3.63) is 100 Å². The Morgan fingerprint density at radius 3 is 2.32 bits per heavy atom. The predicted molar refractivity (Wildman–Crippen MR) is 116 cm³/mol. The number of para-hydroxylation sites is 2. The standard InChI is InChI=1S/C24H18N2O5/c1-25-19-13-7-5-11-17(19)22(23(25)16-9-3-2-4-10-16)21(27)15-31-24(28)18-12-6-8-14-20(18)26(29)30/h2-14H,15H2,1H3. The van der Waals surface area contributed by atoms with E-state index in [0.29, 0.717) is 11.3 Å². The summed E-state index contributed by atoms with van der Waals surface area (Å²) in [6.45, 7) is -0.529. The van der Waals surface area contributed by atoms with Crippen LogP contribution in [0, 0.1) is 10.1 Å². The van der Waals surface area contributed by atoms with E-state index in [4.69, 9.17) is 4.74 Å². The Hall–Kier alpha value is -4.26. The maximum absolute atomic E-state index is 13.2. The highest BCUT2D eigenvalue weighted by Gasteiger charge is 2.25. The van der Waals surface area contributed by atoms with E-state index in [9.17, 15) is 19.7 Å². The molecule has 0 bridgehead atoms. The number of fused-ring (bicyclic) bond motifs is 1. The average Bonchev–Trinajstić information content (AvgIpc) is 3.10. The van der Waals surface area contributed by atoms with Crippen LogP contribution in [-0.4, -0.2) is 27.8 Å². The third-order valence-electron chi connectivity index (χ3n) is 5.09. The number of carbonyl (C=O) groups excluding carboxylic acids is 2. The van der Waals surface area contributed by atoms with Gasteiger partial charge >= 0.3 is 5.97 Å². The molecule has 0 aliphatic heterocycles. The second-order valence-corrected chi connectivity index (χ2v) is 6.94. The van der Waals surface area contributed by atoms with E-state index in [0.717, 1.165) is 16.5 Å². The lowest BCUT2D eigenvalue weighted by atomic mass is 10.0. The van der Waals surface area contributed by atoms with Crippen molar-refractivity contribution in [2.24, 2.45) is 7.05 Å². The molecule has 0 unspecified atom stereocenters. The third kappa shape index (κ3) is 3.69. The Morgan fingerprint density at radius 1 is 0.935 bits per heavy atom. The molecule has 4 aromatic rings. The Morgan fingerprint density at radius 2 is 1.58 bits per heavy atom. The zero-order valence-corrected chi connectivity index (χ0v) is 16.6. The van der Waals surface area contributed by atoms with Gasteiger partial charge in [-0.2, -0.15) is 0 Å². The lowest BCUT2D eigenvalue weighted by Crippen LogP contribution is -2.16. The molecular weight excluding hydrogens is 396 g/mol. The number of Topliss-reactive ketones (excluding diaryl/α,β-unsaturated/α-hetero) is 1. The maximum atomic E-state index is 13.2. The minimum Gasteiger partial charge on any atom is -0.454 e. The lowest BCUT2D eigenvalue weighted by Gasteiger charge is -2.09. The molecule has 31 heavy (non-hydrogen) atoms. The molecule has 0 N–H and O–H groups in total. The van der Waals surface area contributed by atoms with Crippen LogP contribution in [0.2, 0.25) is 0 Å². The molecule has 7 heteroatoms. The number of hydrogen-bond acceptors (Lipinski definition) is 5. The highest BCUT2D eigenvalue weighted by molar-refractivity contribution is 6.14. The summed E-state index contributed by atoms with van der Waals surface area (Å²) >= 11 is 0. The van der Waals surface area contributed by atoms with E-state index in [-0.39, 0.29) is 17.0 Å². The number of nitro groups is 1. The monoisotopic (exact) mass is 414 g/mol. The van der Waals surface area contributed by atoms with Gasteiger partial charge < -0.3 is 9.30 Å². The van der Waals surface area contributed by atoms with Gasteiger partial charge in [0, 0.05) is 24.0 Å². The Kier molecular flexibility index (Phi) is 5.32. The Labute approximate surface area is 177 Å². The second kappa shape index (κ2) is 8.23. The first-order valence-electron chi connectivity index (χ1n) is 9.55. The summed E-state index contributed by atoms with van der Waals surface area (Å²) in [5.41, 5.74) is 2.33. The van der Waals surface area contributed by atoms with Crippen LogP contribution in [0.1, 0.15) is 20.7 Å². The molecule has 0 radical (unpaired) electrons. The summed E-state index contributed by atoms with van der Waals surface area (Å²) in [7, 11) is 1.88. The van der Waals surface area contributed by atoms with Gasteiger partial charge in [-0.05, 0) is 17.7 Å². The zero-order chi connectivity index (χ0) is 22.0. The number of hydrogen-bond donors (Lipinski definition) is 0. The van der Waals surface area contributed by atoms with Gasteiger partial charge in [-0.1, -0.05) is 60.7 Å². The van der Waals surface area contributed by atoms with Crippen molar-refractivity contribution in [2.45, 2.75) is 0 Å². The van der Waals surface area contributed by atoms with E-state index in [1.165, 1.54) is 24.3 Å². The molecule has 1 heterocycles. The molecule has 154 valence electrons. The molecule has 0 amide bonds. The zero-order valence-electron chi connectivity index (χ0n) is 16.6. The molecule has 0 fully saturated rings. The first-order chi connectivity index (χ1) is 15.0. The number of rotatable bonds is 6. The van der Waals surface area contributed by atoms with Crippen LogP contribution in [-0.2, 0) is 11.8 Å². The van der Waals surface area contributed by atoms with E-state index in [2.05, 4.69) is 0 Å². The van der Waals surface area contributed by atoms with Gasteiger partial charge in [0.25, 0.3) is 5.69 Å². The number of nitrogens with zero attached hydrogens (tertiary/aromatic N) is 2. The number of ether oxygens (including phenoxy) is 1. The predicted octanol–water partition coefficient (Wildman–Crippen LogP) is 4.79. The largest absolute Gasteiger partial charge is 0.454 e. The number of esters is 1. The van der Waals surface area contributed by atoms with Crippen LogP contribution in [0.15, 0.2) is 78.9 Å². The summed E-state index contributed by atoms with van der Waals surface area (Å²) < 4.78 is 7.11. The minimum absolute atomic E-state index is 0.193. The first kappa shape index (κ1) is 20.0. The normalized spacial score (nSPS) is 10.7. The quantitative estimate of drug-likeness (QED) is 0.196. The number of aryl methyl sites for hydroxylation is 1. The summed E-state index contributed by atoms with van der Waals surface area (Å²) in [4.78, 5) is 36.2. The smallest absolute Gasteiger partial charge is 0.345 e. The van der Waals surface area contributed by atoms with E-state index in [1.54, 1.807) is 0 Å². The van der Waals surface area contributed by atoms with Gasteiger partial charge in [0.05, 0.1) is 16.2 Å². The first-order valence-corrected chi connectivity index (χ1v) is 9.55. The fourth-order valence-electron chi connectivity index (χ4n) is 3.70. The van der Waals surface area contributed by atoms with Crippen molar-refractivity contribution in [3.8, 4) is 11.3 Å². The molecule has 0 atom stereocenters. The number of carbonyl (C=O) groups is 2. The number of ketones is 1. The molecule has 0 aliphatic rings. The van der Waals surface area contributed by atoms with Gasteiger partial charge in [-0.15, -0.1) is 0 Å². The SMILES string of the molecule is Cn1c(-c2ccccc2)c(C(=O)COC(=O)c2ccccc2[N+](=O)[O-])c2ccccc21. The maximum Gasteiger partial charge on any atom is 0.345 e. The molecule has 0 spiro atoms. The fourth-order valence-corrected chi connectivity index (χ4v) is 3.70. The average molecular weight is 414 g/mol. The van der Waals surface area contributed by atoms with Crippen LogP contribution in [0.25, 0.3) is 22.2 Å². The highest BCUT2D eigenvalue weighted by atomic mass is 16.6. The highest BCUT2D eigenvalue weighted by Crippen LogP contribution is 2.33. The summed E-state index contributed by atoms with van der Waals surface area (Å²) in [5.74, 6) is -1.30. The van der Waals surface area contributed by atoms with E-state index in [1.807, 2.05) is 66.2 Å². The number of aromatic nitrogens is 1. The molecule has 0 aliphatic carbocycles. The molecule has 0 saturated carbocycles. The van der Waals surface area contributed by atoms with Gasteiger partial charge in [-0.3, -0.25) is 14.9 Å². The number of benzene rings is 3. The van der Waals surface area contributed by atoms with Crippen molar-refractivity contribution < 1.29 is 19.2 Å². The van der Waals surface area contributed by atoms with Crippen molar-refractivity contribution in [2.75, 3.05) is 6.61 Å². The molecule has 7 nitrogen and oxygen atoms in total. The topological polar surface area (TPSA) is 91.4 Å². The Balaban J connectivity index is 1.69. The van der Waals surface area contributed by atoms with Crippen LogP contribution in [0.5, 0.6) is 0 Å². The van der Waals surface area contributed by atoms with Crippen molar-refractivity contribution >= 4 is 28.3 Å². The molecule has 3 aromatic carbocycles. The Bertz CT molecular complexity index is 1310. The lowest BCUT2D eigenvalue weighted by molar-refractivity contribution is -0.385. The minimum atomic E-state index is -0.915. The summed E-state index contributed by atoms with van der Waals surface area (Å²) in [5, 5.41) is 11.9. The third-order valence-corrected chi connectivity index (χ3v) is 5.09. The summed E-state index contributed by atoms with van der Waals surface area (Å²) in [6, 6.07) is 22.5. The van der Waals surface area contributed by atoms with Gasteiger partial charge in [0.2, 0.25) is 5.78 Å². The fraction of sp³-hybridized carbons (Fsp3) is 0.0833. The van der Waals surface area contributed by atoms with Crippen LogP contribution in [0.3, 0.4) is 0 Å². The summed E-state index contributed by atoms with van der Waals surface area (Å²) in [6.07, 6.45) is 0. The van der Waals surface area contributed by atoms with Crippen molar-refractivity contribution in [3.63, 3.8) is 0 Å². The van der Waals surface area contributed by atoms with Crippen LogP contribution >= 0.6 is 0 Å². The molecule has 4 rings (SSSR count). The molecule has 1 aromatic heterocycles. The van der Waals surface area contributed by atoms with E-state index >= 15 is 0 Å². The number of nitro benzene ring substituents is 1. The van der Waals surface area contributed by atoms with Crippen LogP contribution < -0.4 is 0 Å². The van der Waals surface area contributed by atoms with Crippen molar-refractivity contribution in [1.29, 1.82) is 0 Å². The van der Waals surface area contributed by atoms with Gasteiger partial charge in [-0.25, -0.2) is 4.79 Å². The molecule has 0 saturated heterocycles. The second-order valence-electron chi connectivity index (χ2n) is 6.94. The van der Waals surface area contributed by atoms with Gasteiger partial charge in [0.15, 0.2) is 6.61 Å². The van der Waals surface area contributed by atoms with E-state index < -0.39 is 17.5 Å². The van der Waals surface area contributed by atoms with Crippen molar-refractivity contribution in [1.82, 2.24) is 4.57 Å². The van der Waals surface area contributed by atoms with Gasteiger partial charge in [0.1, 0.15) is 5.56 Å². The van der Waals surface area contributed by atoms with Crippen LogP contribution in [0.4, 0.5) is 5.69 Å².